The summed E-state index contributed by atoms with van der Waals surface area (Å²) in [6, 6.07) is 2.73. The summed E-state index contributed by atoms with van der Waals surface area (Å²) in [6.07, 6.45) is 0. The number of hydrogen-bond donors (Lipinski definition) is 1. The predicted molar refractivity (Wildman–Crippen MR) is 63.1 cm³/mol. The Hall–Kier alpha value is -0.690. The molecule has 4 nitrogen and oxygen atoms in total. The molecule has 0 aliphatic rings. The van der Waals surface area contributed by atoms with Gasteiger partial charge in [-0.2, -0.15) is 0 Å². The lowest BCUT2D eigenvalue weighted by Gasteiger charge is -2.13. The van der Waals surface area contributed by atoms with Crippen LogP contribution in [0.3, 0.4) is 0 Å². The van der Waals surface area contributed by atoms with Gasteiger partial charge in [-0.3, -0.25) is 0 Å². The molecule has 1 aromatic rings. The SMILES string of the molecule is COCC(C)NS(=O)(=O)c1ccc(F)cc1Cl. The molecule has 0 saturated carbocycles. The normalized spacial score (nSPS) is 13.6. The van der Waals surface area contributed by atoms with Crippen LogP contribution in [0.15, 0.2) is 23.1 Å². The van der Waals surface area contributed by atoms with Crippen molar-refractivity contribution in [2.75, 3.05) is 13.7 Å². The van der Waals surface area contributed by atoms with Gasteiger partial charge in [0.15, 0.2) is 0 Å². The van der Waals surface area contributed by atoms with Crippen LogP contribution in [-0.4, -0.2) is 28.2 Å². The first-order chi connectivity index (χ1) is 7.86. The predicted octanol–water partition coefficient (Wildman–Crippen LogP) is 1.79. The van der Waals surface area contributed by atoms with Crippen LogP contribution in [0, 0.1) is 5.82 Å². The molecule has 1 aromatic carbocycles. The molecule has 1 atom stereocenters. The van der Waals surface area contributed by atoms with Crippen molar-refractivity contribution in [1.29, 1.82) is 0 Å². The maximum absolute atomic E-state index is 12.8. The van der Waals surface area contributed by atoms with Gasteiger partial charge >= 0.3 is 0 Å². The number of halogens is 2. The van der Waals surface area contributed by atoms with Gasteiger partial charge in [0.1, 0.15) is 10.7 Å². The third-order valence-corrected chi connectivity index (χ3v) is 4.03. The van der Waals surface area contributed by atoms with Gasteiger partial charge in [0.25, 0.3) is 0 Å². The van der Waals surface area contributed by atoms with Crippen molar-refractivity contribution in [3.05, 3.63) is 29.0 Å². The molecule has 7 heteroatoms. The highest BCUT2D eigenvalue weighted by Crippen LogP contribution is 2.22. The fraction of sp³-hybridized carbons (Fsp3) is 0.400. The highest BCUT2D eigenvalue weighted by Gasteiger charge is 2.20. The van der Waals surface area contributed by atoms with Crippen LogP contribution >= 0.6 is 11.6 Å². The minimum Gasteiger partial charge on any atom is -0.383 e. The van der Waals surface area contributed by atoms with Gasteiger partial charge in [-0.15, -0.1) is 0 Å². The van der Waals surface area contributed by atoms with Gasteiger partial charge in [0.2, 0.25) is 10.0 Å². The smallest absolute Gasteiger partial charge is 0.242 e. The number of nitrogens with one attached hydrogen (secondary N) is 1. The van der Waals surface area contributed by atoms with Crippen LogP contribution in [0.25, 0.3) is 0 Å². The van der Waals surface area contributed by atoms with Crippen LogP contribution in [0.4, 0.5) is 4.39 Å². The van der Waals surface area contributed by atoms with Crippen LogP contribution < -0.4 is 4.72 Å². The molecule has 1 N–H and O–H groups in total. The molecule has 0 radical (unpaired) electrons. The fourth-order valence-corrected chi connectivity index (χ4v) is 3.07. The summed E-state index contributed by atoms with van der Waals surface area (Å²) >= 11 is 5.68. The summed E-state index contributed by atoms with van der Waals surface area (Å²) in [5.74, 6) is -0.584. The minimum absolute atomic E-state index is 0.150. The number of sulfonamides is 1. The first-order valence-corrected chi connectivity index (χ1v) is 6.69. The number of methoxy groups -OCH3 is 1. The van der Waals surface area contributed by atoms with Gasteiger partial charge in [-0.05, 0) is 25.1 Å². The third kappa shape index (κ3) is 3.92. The van der Waals surface area contributed by atoms with E-state index >= 15 is 0 Å². The minimum atomic E-state index is -3.76. The van der Waals surface area contributed by atoms with E-state index < -0.39 is 21.9 Å². The molecule has 0 aromatic heterocycles. The van der Waals surface area contributed by atoms with Gasteiger partial charge < -0.3 is 4.74 Å². The van der Waals surface area contributed by atoms with E-state index in [0.717, 1.165) is 18.2 Å². The molecule has 0 bridgehead atoms. The zero-order valence-electron chi connectivity index (χ0n) is 9.41. The largest absolute Gasteiger partial charge is 0.383 e. The summed E-state index contributed by atoms with van der Waals surface area (Å²) in [6.45, 7) is 1.89. The third-order valence-electron chi connectivity index (χ3n) is 1.96. The lowest BCUT2D eigenvalue weighted by atomic mass is 10.3. The molecule has 96 valence electrons. The average molecular weight is 282 g/mol. The van der Waals surface area contributed by atoms with E-state index in [1.54, 1.807) is 6.92 Å². The van der Waals surface area contributed by atoms with Gasteiger partial charge in [-0.25, -0.2) is 17.5 Å². The van der Waals surface area contributed by atoms with Gasteiger partial charge in [0, 0.05) is 13.2 Å². The molecule has 0 amide bonds. The zero-order valence-corrected chi connectivity index (χ0v) is 11.0. The first-order valence-electron chi connectivity index (χ1n) is 4.83. The number of rotatable bonds is 5. The Balaban J connectivity index is 2.97. The second-order valence-electron chi connectivity index (χ2n) is 3.55. The Kier molecular flexibility index (Phi) is 4.88. The van der Waals surface area contributed by atoms with Crippen molar-refractivity contribution in [2.45, 2.75) is 17.9 Å². The molecule has 0 spiro atoms. The number of ether oxygens (including phenoxy) is 1. The Bertz CT molecular complexity index is 492. The Morgan fingerprint density at radius 1 is 1.53 bits per heavy atom. The lowest BCUT2D eigenvalue weighted by Crippen LogP contribution is -2.35. The van der Waals surface area contributed by atoms with Crippen LogP contribution in [0.1, 0.15) is 6.92 Å². The molecule has 0 saturated heterocycles. The number of benzene rings is 1. The first kappa shape index (κ1) is 14.4. The highest BCUT2D eigenvalue weighted by molar-refractivity contribution is 7.89. The van der Waals surface area contributed by atoms with Crippen molar-refractivity contribution in [3.63, 3.8) is 0 Å². The van der Waals surface area contributed by atoms with Crippen LogP contribution in [-0.2, 0) is 14.8 Å². The molecule has 1 unspecified atom stereocenters. The van der Waals surface area contributed by atoms with Crippen molar-refractivity contribution >= 4 is 21.6 Å². The summed E-state index contributed by atoms with van der Waals surface area (Å²) < 4.78 is 43.7. The lowest BCUT2D eigenvalue weighted by molar-refractivity contribution is 0.180. The zero-order chi connectivity index (χ0) is 13.1. The Morgan fingerprint density at radius 2 is 2.18 bits per heavy atom. The van der Waals surface area contributed by atoms with Crippen molar-refractivity contribution in [2.24, 2.45) is 0 Å². The monoisotopic (exact) mass is 281 g/mol. The summed E-state index contributed by atoms with van der Waals surface area (Å²) in [5.41, 5.74) is 0. The molecule has 0 aliphatic heterocycles. The quantitative estimate of drug-likeness (QED) is 0.895. The maximum Gasteiger partial charge on any atom is 0.242 e. The standard InChI is InChI=1S/C10H13ClFNO3S/c1-7(6-16-2)13-17(14,15)10-4-3-8(12)5-9(10)11/h3-5,7,13H,6H2,1-2H3. The van der Waals surface area contributed by atoms with E-state index in [4.69, 9.17) is 16.3 Å². The van der Waals surface area contributed by atoms with Gasteiger partial charge in [-0.1, -0.05) is 11.6 Å². The molecular formula is C10H13ClFNO3S. The topological polar surface area (TPSA) is 55.4 Å². The van der Waals surface area contributed by atoms with E-state index in [1.807, 2.05) is 0 Å². The average Bonchev–Trinajstić information content (AvgIpc) is 2.15. The maximum atomic E-state index is 12.8. The fourth-order valence-electron chi connectivity index (χ4n) is 1.31. The van der Waals surface area contributed by atoms with Crippen molar-refractivity contribution in [3.8, 4) is 0 Å². The molecule has 0 aliphatic carbocycles. The molecular weight excluding hydrogens is 269 g/mol. The van der Waals surface area contributed by atoms with Crippen molar-refractivity contribution < 1.29 is 17.5 Å². The molecule has 0 heterocycles. The van der Waals surface area contributed by atoms with Crippen LogP contribution in [0.5, 0.6) is 0 Å². The molecule has 0 fully saturated rings. The summed E-state index contributed by atoms with van der Waals surface area (Å²) in [5, 5.41) is -0.151. The summed E-state index contributed by atoms with van der Waals surface area (Å²) in [4.78, 5) is -0.150. The van der Waals surface area contributed by atoms with E-state index in [0.29, 0.717) is 0 Å². The second-order valence-corrected chi connectivity index (χ2v) is 5.64. The number of hydrogen-bond acceptors (Lipinski definition) is 3. The Labute approximate surface area is 105 Å². The van der Waals surface area contributed by atoms with E-state index in [2.05, 4.69) is 4.72 Å². The van der Waals surface area contributed by atoms with Gasteiger partial charge in [0.05, 0.1) is 11.6 Å². The van der Waals surface area contributed by atoms with E-state index in [1.165, 1.54) is 7.11 Å². The van der Waals surface area contributed by atoms with E-state index in [-0.39, 0.29) is 16.5 Å². The van der Waals surface area contributed by atoms with Crippen LogP contribution in [0.2, 0.25) is 5.02 Å². The Morgan fingerprint density at radius 3 is 2.71 bits per heavy atom. The van der Waals surface area contributed by atoms with Crippen molar-refractivity contribution in [1.82, 2.24) is 4.72 Å². The molecule has 1 rings (SSSR count). The second kappa shape index (κ2) is 5.77. The summed E-state index contributed by atoms with van der Waals surface area (Å²) in [7, 11) is -2.29. The van der Waals surface area contributed by atoms with E-state index in [9.17, 15) is 12.8 Å². The highest BCUT2D eigenvalue weighted by atomic mass is 35.5. The molecule has 17 heavy (non-hydrogen) atoms.